The van der Waals surface area contributed by atoms with Gasteiger partial charge in [-0.2, -0.15) is 0 Å². The Bertz CT molecular complexity index is 839. The van der Waals surface area contributed by atoms with Crippen molar-refractivity contribution in [2.24, 2.45) is 11.8 Å². The van der Waals surface area contributed by atoms with Gasteiger partial charge in [0.1, 0.15) is 13.2 Å². The highest BCUT2D eigenvalue weighted by molar-refractivity contribution is 5.71. The fourth-order valence-electron chi connectivity index (χ4n) is 7.28. The van der Waals surface area contributed by atoms with Crippen LogP contribution in [0.1, 0.15) is 266 Å². The van der Waals surface area contributed by atoms with E-state index < -0.39 is 6.10 Å². The zero-order chi connectivity index (χ0) is 40.5. The number of ether oxygens (including phenoxy) is 3. The molecule has 0 rings (SSSR count). The van der Waals surface area contributed by atoms with Crippen molar-refractivity contribution in [1.82, 2.24) is 0 Å². The van der Waals surface area contributed by atoms with E-state index in [-0.39, 0.29) is 31.1 Å². The van der Waals surface area contributed by atoms with Gasteiger partial charge in [0.05, 0.1) is 0 Å². The number of unbranched alkanes of at least 4 members (excludes halogenated alkanes) is 28. The van der Waals surface area contributed by atoms with E-state index in [9.17, 15) is 14.4 Å². The first kappa shape index (κ1) is 53.4. The topological polar surface area (TPSA) is 78.9 Å². The molecule has 0 unspecified atom stereocenters. The average molecular weight is 779 g/mol. The van der Waals surface area contributed by atoms with Crippen LogP contribution in [0.5, 0.6) is 0 Å². The van der Waals surface area contributed by atoms with Gasteiger partial charge in [-0.15, -0.1) is 0 Å². The summed E-state index contributed by atoms with van der Waals surface area (Å²) >= 11 is 0. The molecule has 6 heteroatoms. The minimum Gasteiger partial charge on any atom is -0.462 e. The molecule has 0 saturated carbocycles. The summed E-state index contributed by atoms with van der Waals surface area (Å²) in [5, 5.41) is 0. The van der Waals surface area contributed by atoms with Gasteiger partial charge in [0.15, 0.2) is 6.10 Å². The second-order valence-corrected chi connectivity index (χ2v) is 17.7. The van der Waals surface area contributed by atoms with Gasteiger partial charge in [-0.05, 0) is 31.1 Å². The summed E-state index contributed by atoms with van der Waals surface area (Å²) in [5.74, 6) is 0.804. The van der Waals surface area contributed by atoms with Gasteiger partial charge in [-0.25, -0.2) is 0 Å². The molecule has 55 heavy (non-hydrogen) atoms. The number of carbonyl (C=O) groups is 3. The third-order valence-electron chi connectivity index (χ3n) is 11.0. The zero-order valence-electron chi connectivity index (χ0n) is 37.6. The molecular weight excluding hydrogens is 685 g/mol. The predicted molar refractivity (Wildman–Crippen MR) is 233 cm³/mol. The molecule has 0 aliphatic heterocycles. The number of carbonyl (C=O) groups excluding carboxylic acids is 3. The molecule has 0 fully saturated rings. The van der Waals surface area contributed by atoms with Crippen molar-refractivity contribution in [3.05, 3.63) is 0 Å². The number of hydrogen-bond donors (Lipinski definition) is 0. The molecular formula is C49H94O6. The lowest BCUT2D eigenvalue weighted by atomic mass is 10.0. The lowest BCUT2D eigenvalue weighted by molar-refractivity contribution is -0.167. The number of esters is 3. The molecule has 0 aliphatic carbocycles. The molecule has 0 saturated heterocycles. The molecule has 6 nitrogen and oxygen atoms in total. The minimum absolute atomic E-state index is 0.0648. The van der Waals surface area contributed by atoms with Crippen molar-refractivity contribution in [2.75, 3.05) is 13.2 Å². The van der Waals surface area contributed by atoms with Crippen LogP contribution in [-0.4, -0.2) is 37.2 Å². The van der Waals surface area contributed by atoms with Gasteiger partial charge >= 0.3 is 17.9 Å². The second-order valence-electron chi connectivity index (χ2n) is 17.7. The Morgan fingerprint density at radius 2 is 0.600 bits per heavy atom. The van der Waals surface area contributed by atoms with Gasteiger partial charge in [0.2, 0.25) is 0 Å². The maximum absolute atomic E-state index is 12.6. The van der Waals surface area contributed by atoms with E-state index in [0.717, 1.165) is 69.6 Å². The van der Waals surface area contributed by atoms with E-state index in [1.54, 1.807) is 0 Å². The van der Waals surface area contributed by atoms with Gasteiger partial charge in [-0.3, -0.25) is 14.4 Å². The van der Waals surface area contributed by atoms with Gasteiger partial charge < -0.3 is 14.2 Å². The summed E-state index contributed by atoms with van der Waals surface area (Å²) in [7, 11) is 0. The molecule has 0 spiro atoms. The summed E-state index contributed by atoms with van der Waals surface area (Å²) in [6, 6.07) is 0. The molecule has 0 N–H and O–H groups in total. The van der Waals surface area contributed by atoms with Crippen molar-refractivity contribution in [3.8, 4) is 0 Å². The Morgan fingerprint density at radius 1 is 0.345 bits per heavy atom. The summed E-state index contributed by atoms with van der Waals surface area (Å²) in [5.41, 5.74) is 0. The van der Waals surface area contributed by atoms with Crippen LogP contribution in [0.15, 0.2) is 0 Å². The molecule has 1 atom stereocenters. The lowest BCUT2D eigenvalue weighted by Gasteiger charge is -2.18. The Hall–Kier alpha value is -1.59. The summed E-state index contributed by atoms with van der Waals surface area (Å²) in [6.07, 6.45) is 41.0. The molecule has 0 aromatic carbocycles. The maximum atomic E-state index is 12.6. The minimum atomic E-state index is -0.759. The lowest BCUT2D eigenvalue weighted by Crippen LogP contribution is -2.30. The first-order chi connectivity index (χ1) is 26.7. The normalized spacial score (nSPS) is 12.1. The molecule has 0 aliphatic rings. The van der Waals surface area contributed by atoms with E-state index in [0.29, 0.717) is 19.3 Å². The fraction of sp³-hybridized carbons (Fsp3) is 0.939. The van der Waals surface area contributed by atoms with Crippen LogP contribution in [-0.2, 0) is 28.6 Å². The Morgan fingerprint density at radius 3 is 0.891 bits per heavy atom. The Labute approximate surface area is 342 Å². The SMILES string of the molecule is CCCCCCCCCC(=O)O[C@H](COC(=O)CCCCCCCCCCCCCCCCC(C)C)COC(=O)CCCCCCCCCCCCC(C)C. The first-order valence-corrected chi connectivity index (χ1v) is 24.2. The Balaban J connectivity index is 4.18. The van der Waals surface area contributed by atoms with Crippen LogP contribution in [0.3, 0.4) is 0 Å². The largest absolute Gasteiger partial charge is 0.462 e. The van der Waals surface area contributed by atoms with Crippen molar-refractivity contribution >= 4 is 17.9 Å². The van der Waals surface area contributed by atoms with E-state index in [1.807, 2.05) is 0 Å². The van der Waals surface area contributed by atoms with Gasteiger partial charge in [0, 0.05) is 19.3 Å². The van der Waals surface area contributed by atoms with E-state index in [4.69, 9.17) is 14.2 Å². The van der Waals surface area contributed by atoms with Crippen molar-refractivity contribution < 1.29 is 28.6 Å². The monoisotopic (exact) mass is 779 g/mol. The zero-order valence-corrected chi connectivity index (χ0v) is 37.6. The predicted octanol–water partition coefficient (Wildman–Crippen LogP) is 15.4. The number of hydrogen-bond acceptors (Lipinski definition) is 6. The number of rotatable bonds is 43. The third kappa shape index (κ3) is 43.4. The van der Waals surface area contributed by atoms with Crippen LogP contribution in [0.2, 0.25) is 0 Å². The molecule has 0 aromatic heterocycles. The fourth-order valence-corrected chi connectivity index (χ4v) is 7.28. The van der Waals surface area contributed by atoms with Crippen molar-refractivity contribution in [2.45, 2.75) is 272 Å². The van der Waals surface area contributed by atoms with E-state index in [1.165, 1.54) is 154 Å². The molecule has 0 aromatic rings. The van der Waals surface area contributed by atoms with Crippen LogP contribution < -0.4 is 0 Å². The van der Waals surface area contributed by atoms with Crippen molar-refractivity contribution in [1.29, 1.82) is 0 Å². The molecule has 0 amide bonds. The van der Waals surface area contributed by atoms with E-state index >= 15 is 0 Å². The highest BCUT2D eigenvalue weighted by Gasteiger charge is 2.19. The Kier molecular flexibility index (Phi) is 40.8. The highest BCUT2D eigenvalue weighted by atomic mass is 16.6. The second kappa shape index (κ2) is 42.0. The van der Waals surface area contributed by atoms with Crippen LogP contribution in [0.25, 0.3) is 0 Å². The quantitative estimate of drug-likeness (QED) is 0.0348. The molecule has 326 valence electrons. The van der Waals surface area contributed by atoms with Gasteiger partial charge in [0.25, 0.3) is 0 Å². The highest BCUT2D eigenvalue weighted by Crippen LogP contribution is 2.17. The molecule has 0 radical (unpaired) electrons. The third-order valence-corrected chi connectivity index (χ3v) is 11.0. The standard InChI is InChI=1S/C49H94O6/c1-6-7-8-9-22-31-36-41-49(52)55-46(43-54-48(51)40-35-30-26-21-17-16-19-24-28-33-38-45(4)5)42-53-47(50)39-34-29-25-20-15-13-11-10-12-14-18-23-27-32-37-44(2)3/h44-46H,6-43H2,1-5H3/t46-/m1/s1. The first-order valence-electron chi connectivity index (χ1n) is 24.2. The molecule has 0 heterocycles. The van der Waals surface area contributed by atoms with Crippen LogP contribution >= 0.6 is 0 Å². The maximum Gasteiger partial charge on any atom is 0.306 e. The average Bonchev–Trinajstić information content (AvgIpc) is 3.15. The summed E-state index contributed by atoms with van der Waals surface area (Å²) in [6.45, 7) is 11.3. The summed E-state index contributed by atoms with van der Waals surface area (Å²) in [4.78, 5) is 37.7. The summed E-state index contributed by atoms with van der Waals surface area (Å²) < 4.78 is 16.7. The van der Waals surface area contributed by atoms with E-state index in [2.05, 4.69) is 34.6 Å². The van der Waals surface area contributed by atoms with Crippen molar-refractivity contribution in [3.63, 3.8) is 0 Å². The van der Waals surface area contributed by atoms with Crippen LogP contribution in [0.4, 0.5) is 0 Å². The van der Waals surface area contributed by atoms with Crippen LogP contribution in [0, 0.1) is 11.8 Å². The van der Waals surface area contributed by atoms with Gasteiger partial charge in [-0.1, -0.05) is 227 Å². The molecule has 0 bridgehead atoms. The smallest absolute Gasteiger partial charge is 0.306 e.